The highest BCUT2D eigenvalue weighted by molar-refractivity contribution is 6.98. The number of nitrogen functional groups attached to an aromatic ring is 1. The predicted octanol–water partition coefficient (Wildman–Crippen LogP) is 4.64. The lowest BCUT2D eigenvalue weighted by molar-refractivity contribution is 0.215. The first-order chi connectivity index (χ1) is 15.0. The summed E-state index contributed by atoms with van der Waals surface area (Å²) in [6, 6.07) is 22.7. The Morgan fingerprint density at radius 3 is 1.88 bits per heavy atom. The highest BCUT2D eigenvalue weighted by atomic mass is 28.4. The van der Waals surface area contributed by atoms with E-state index in [9.17, 15) is 4.80 Å². The van der Waals surface area contributed by atoms with Crippen LogP contribution >= 0.6 is 0 Å². The van der Waals surface area contributed by atoms with Crippen molar-refractivity contribution in [3.8, 4) is 0 Å². The molecule has 0 spiro atoms. The van der Waals surface area contributed by atoms with E-state index in [-0.39, 0.29) is 10.6 Å². The van der Waals surface area contributed by atoms with E-state index in [2.05, 4.69) is 65.0 Å². The van der Waals surface area contributed by atoms with Gasteiger partial charge in [-0.05, 0) is 61.4 Å². The van der Waals surface area contributed by atoms with Crippen molar-refractivity contribution in [1.29, 1.82) is 0 Å². The molecule has 0 aliphatic heterocycles. The molecule has 0 radical (unpaired) electrons. The summed E-state index contributed by atoms with van der Waals surface area (Å²) < 4.78 is 1.94. The fraction of sp³-hybridized carbons (Fsp3) is 0.444. The van der Waals surface area contributed by atoms with Crippen LogP contribution in [0.4, 0.5) is 5.82 Å². The standard InChI is InChI=1S/C27H37N3OSi/c1-26(2,3)30-25(28)18-24(29-30)21-16-20(17-21)19-27(4,5)32(31,22-12-8-6-9-13-22)23-14-10-7-11-15-23/h6-15,18,20-21,31H,16-17,19,28H2,1-5H3. The van der Waals surface area contributed by atoms with Crippen LogP contribution in [0, 0.1) is 5.92 Å². The highest BCUT2D eigenvalue weighted by Crippen LogP contribution is 2.51. The molecule has 4 nitrogen and oxygen atoms in total. The second-order valence-electron chi connectivity index (χ2n) is 11.1. The van der Waals surface area contributed by atoms with Crippen LogP contribution in [0.15, 0.2) is 66.7 Å². The lowest BCUT2D eigenvalue weighted by Gasteiger charge is -2.46. The molecular formula is C27H37N3OSi. The van der Waals surface area contributed by atoms with Crippen LogP contribution in [0.25, 0.3) is 0 Å². The number of anilines is 1. The first-order valence-electron chi connectivity index (χ1n) is 11.7. The molecule has 32 heavy (non-hydrogen) atoms. The van der Waals surface area contributed by atoms with Crippen LogP contribution in [0.3, 0.4) is 0 Å². The summed E-state index contributed by atoms with van der Waals surface area (Å²) in [5.41, 5.74) is 7.25. The maximum Gasteiger partial charge on any atom is 0.258 e. The Bertz CT molecular complexity index is 1010. The van der Waals surface area contributed by atoms with E-state index in [0.717, 1.165) is 41.1 Å². The highest BCUT2D eigenvalue weighted by Gasteiger charge is 2.51. The van der Waals surface area contributed by atoms with Crippen molar-refractivity contribution in [2.24, 2.45) is 5.92 Å². The van der Waals surface area contributed by atoms with Gasteiger partial charge in [0, 0.05) is 12.0 Å². The van der Waals surface area contributed by atoms with Crippen molar-refractivity contribution in [3.63, 3.8) is 0 Å². The summed E-state index contributed by atoms with van der Waals surface area (Å²) in [7, 11) is -2.95. The molecule has 170 valence electrons. The lowest BCUT2D eigenvalue weighted by atomic mass is 9.70. The summed E-state index contributed by atoms with van der Waals surface area (Å²) in [6.45, 7) is 10.9. The number of rotatable bonds is 6. The van der Waals surface area contributed by atoms with Gasteiger partial charge in [-0.2, -0.15) is 5.10 Å². The lowest BCUT2D eigenvalue weighted by Crippen LogP contribution is -2.65. The van der Waals surface area contributed by atoms with Crippen molar-refractivity contribution in [2.45, 2.75) is 70.4 Å². The summed E-state index contributed by atoms with van der Waals surface area (Å²) >= 11 is 0. The van der Waals surface area contributed by atoms with Crippen molar-refractivity contribution in [2.75, 3.05) is 5.73 Å². The maximum absolute atomic E-state index is 12.4. The van der Waals surface area contributed by atoms with Crippen molar-refractivity contribution >= 4 is 24.5 Å². The molecule has 1 saturated carbocycles. The Morgan fingerprint density at radius 1 is 0.938 bits per heavy atom. The second kappa shape index (κ2) is 8.20. The molecule has 2 aromatic carbocycles. The first kappa shape index (κ1) is 22.8. The summed E-state index contributed by atoms with van der Waals surface area (Å²) in [6.07, 6.45) is 3.22. The van der Waals surface area contributed by atoms with E-state index in [0.29, 0.717) is 11.8 Å². The molecule has 0 atom stereocenters. The van der Waals surface area contributed by atoms with Gasteiger partial charge in [-0.15, -0.1) is 0 Å². The molecule has 1 heterocycles. The number of hydrogen-bond donors (Lipinski definition) is 2. The van der Waals surface area contributed by atoms with Gasteiger partial charge in [-0.3, -0.25) is 0 Å². The largest absolute Gasteiger partial charge is 0.424 e. The molecule has 0 bridgehead atoms. The minimum absolute atomic E-state index is 0.110. The van der Waals surface area contributed by atoms with E-state index >= 15 is 0 Å². The van der Waals surface area contributed by atoms with E-state index in [4.69, 9.17) is 10.8 Å². The van der Waals surface area contributed by atoms with Gasteiger partial charge in [-0.1, -0.05) is 74.5 Å². The molecule has 1 aliphatic carbocycles. The van der Waals surface area contributed by atoms with Crippen LogP contribution < -0.4 is 16.1 Å². The third kappa shape index (κ3) is 4.04. The first-order valence-corrected chi connectivity index (χ1v) is 13.7. The zero-order valence-electron chi connectivity index (χ0n) is 20.0. The Kier molecular flexibility index (Phi) is 5.84. The van der Waals surface area contributed by atoms with E-state index < -0.39 is 8.32 Å². The molecule has 4 rings (SSSR count). The normalized spacial score (nSPS) is 19.6. The van der Waals surface area contributed by atoms with Crippen molar-refractivity contribution < 1.29 is 4.80 Å². The fourth-order valence-electron chi connectivity index (χ4n) is 5.47. The third-order valence-electron chi connectivity index (χ3n) is 7.21. The molecular weight excluding hydrogens is 410 g/mol. The average Bonchev–Trinajstić information content (AvgIpc) is 3.12. The summed E-state index contributed by atoms with van der Waals surface area (Å²) in [5.74, 6) is 1.79. The maximum atomic E-state index is 12.4. The molecule has 0 saturated heterocycles. The monoisotopic (exact) mass is 447 g/mol. The quantitative estimate of drug-likeness (QED) is 0.541. The van der Waals surface area contributed by atoms with Crippen LogP contribution in [0.5, 0.6) is 0 Å². The number of nitrogens with two attached hydrogens (primary N) is 1. The van der Waals surface area contributed by atoms with Crippen LogP contribution in [0.1, 0.15) is 65.5 Å². The summed E-state index contributed by atoms with van der Waals surface area (Å²) in [5, 5.41) is 6.80. The Balaban J connectivity index is 1.54. The number of hydrogen-bond acceptors (Lipinski definition) is 3. The molecule has 1 fully saturated rings. The van der Waals surface area contributed by atoms with E-state index in [1.807, 2.05) is 41.1 Å². The van der Waals surface area contributed by atoms with Gasteiger partial charge < -0.3 is 10.5 Å². The molecule has 5 heteroatoms. The van der Waals surface area contributed by atoms with Gasteiger partial charge in [0.2, 0.25) is 0 Å². The zero-order valence-corrected chi connectivity index (χ0v) is 21.0. The Morgan fingerprint density at radius 2 is 1.44 bits per heavy atom. The van der Waals surface area contributed by atoms with Crippen LogP contribution in [-0.2, 0) is 5.54 Å². The fourth-order valence-corrected chi connectivity index (χ4v) is 9.30. The minimum Gasteiger partial charge on any atom is -0.424 e. The van der Waals surface area contributed by atoms with E-state index in [1.165, 1.54) is 0 Å². The van der Waals surface area contributed by atoms with Gasteiger partial charge >= 0.3 is 0 Å². The molecule has 1 aliphatic rings. The number of benzene rings is 2. The van der Waals surface area contributed by atoms with Crippen molar-refractivity contribution in [1.82, 2.24) is 9.78 Å². The van der Waals surface area contributed by atoms with Gasteiger partial charge in [0.25, 0.3) is 8.32 Å². The number of aromatic nitrogens is 2. The van der Waals surface area contributed by atoms with Gasteiger partial charge in [0.05, 0.1) is 11.2 Å². The minimum atomic E-state index is -2.95. The molecule has 1 aromatic heterocycles. The number of nitrogens with zero attached hydrogens (tertiary/aromatic N) is 2. The molecule has 3 N–H and O–H groups in total. The van der Waals surface area contributed by atoms with Crippen molar-refractivity contribution in [3.05, 3.63) is 72.4 Å². The molecule has 0 unspecified atom stereocenters. The predicted molar refractivity (Wildman–Crippen MR) is 136 cm³/mol. The van der Waals surface area contributed by atoms with Gasteiger partial charge in [0.15, 0.2) is 0 Å². The zero-order chi connectivity index (χ0) is 23.1. The van der Waals surface area contributed by atoms with Gasteiger partial charge in [-0.25, -0.2) is 4.68 Å². The Hall–Kier alpha value is -2.37. The topological polar surface area (TPSA) is 64.1 Å². The second-order valence-corrected chi connectivity index (χ2v) is 15.1. The average molecular weight is 448 g/mol. The molecule has 0 amide bonds. The third-order valence-corrected chi connectivity index (χ3v) is 11.7. The summed E-state index contributed by atoms with van der Waals surface area (Å²) in [4.78, 5) is 12.4. The van der Waals surface area contributed by atoms with Crippen LogP contribution in [-0.4, -0.2) is 22.9 Å². The van der Waals surface area contributed by atoms with E-state index in [1.54, 1.807) is 0 Å². The van der Waals surface area contributed by atoms with Crippen LogP contribution in [0.2, 0.25) is 5.04 Å². The Labute approximate surface area is 193 Å². The molecule has 3 aromatic rings. The van der Waals surface area contributed by atoms with Gasteiger partial charge in [0.1, 0.15) is 5.82 Å². The smallest absolute Gasteiger partial charge is 0.258 e. The SMILES string of the molecule is CC(C)(C)n1nc(C2CC(CC(C)(C)[Si](O)(c3ccccc3)c3ccccc3)C2)cc1N.